The molecule has 3 N–H and O–H groups in total. The number of thiophene rings is 1. The minimum absolute atomic E-state index is 0.112. The van der Waals surface area contributed by atoms with Crippen molar-refractivity contribution in [2.75, 3.05) is 0 Å². The van der Waals surface area contributed by atoms with Crippen LogP contribution in [0.1, 0.15) is 25.8 Å². The highest BCUT2D eigenvalue weighted by Crippen LogP contribution is 2.08. The van der Waals surface area contributed by atoms with Crippen LogP contribution in [-0.2, 0) is 11.3 Å². The van der Waals surface area contributed by atoms with Crippen molar-refractivity contribution in [1.82, 2.24) is 10.6 Å². The van der Waals surface area contributed by atoms with Crippen molar-refractivity contribution < 1.29 is 14.7 Å². The SMILES string of the molecule is CC(C)(CC(=O)O)NC(=O)NCc1ccsc1. The number of hydrogen-bond acceptors (Lipinski definition) is 3. The maximum absolute atomic E-state index is 11.5. The molecule has 94 valence electrons. The smallest absolute Gasteiger partial charge is 0.315 e. The Kier molecular flexibility index (Phi) is 4.51. The molecule has 0 unspecified atom stereocenters. The van der Waals surface area contributed by atoms with E-state index in [4.69, 9.17) is 5.11 Å². The zero-order chi connectivity index (χ0) is 12.9. The molecular formula is C11H16N2O3S. The molecule has 0 atom stereocenters. The zero-order valence-electron chi connectivity index (χ0n) is 9.82. The third-order valence-electron chi connectivity index (χ3n) is 2.08. The Balaban J connectivity index is 2.36. The highest BCUT2D eigenvalue weighted by atomic mass is 32.1. The minimum Gasteiger partial charge on any atom is -0.481 e. The lowest BCUT2D eigenvalue weighted by atomic mass is 10.0. The lowest BCUT2D eigenvalue weighted by molar-refractivity contribution is -0.138. The number of nitrogens with one attached hydrogen (secondary N) is 2. The van der Waals surface area contributed by atoms with Gasteiger partial charge in [-0.15, -0.1) is 0 Å². The molecule has 6 heteroatoms. The molecule has 0 spiro atoms. The van der Waals surface area contributed by atoms with Gasteiger partial charge in [0.15, 0.2) is 0 Å². The molecule has 0 aliphatic heterocycles. The summed E-state index contributed by atoms with van der Waals surface area (Å²) in [6.07, 6.45) is -0.112. The van der Waals surface area contributed by atoms with Gasteiger partial charge in [-0.05, 0) is 36.2 Å². The van der Waals surface area contributed by atoms with Gasteiger partial charge in [-0.25, -0.2) is 4.79 Å². The van der Waals surface area contributed by atoms with Crippen LogP contribution in [-0.4, -0.2) is 22.6 Å². The molecule has 0 saturated heterocycles. The summed E-state index contributed by atoms with van der Waals surface area (Å²) < 4.78 is 0. The van der Waals surface area contributed by atoms with Crippen LogP contribution in [0.3, 0.4) is 0 Å². The topological polar surface area (TPSA) is 78.4 Å². The molecule has 0 bridgehead atoms. The van der Waals surface area contributed by atoms with E-state index in [1.165, 1.54) is 0 Å². The number of rotatable bonds is 5. The first kappa shape index (κ1) is 13.5. The monoisotopic (exact) mass is 256 g/mol. The second kappa shape index (κ2) is 5.67. The van der Waals surface area contributed by atoms with Gasteiger partial charge < -0.3 is 15.7 Å². The maximum Gasteiger partial charge on any atom is 0.315 e. The third kappa shape index (κ3) is 5.35. The van der Waals surface area contributed by atoms with Crippen molar-refractivity contribution in [3.05, 3.63) is 22.4 Å². The molecular weight excluding hydrogens is 240 g/mol. The predicted octanol–water partition coefficient (Wildman–Crippen LogP) is 1.80. The number of urea groups is 1. The molecule has 0 saturated carbocycles. The van der Waals surface area contributed by atoms with Crippen molar-refractivity contribution in [2.45, 2.75) is 32.4 Å². The number of carbonyl (C=O) groups is 2. The molecule has 5 nitrogen and oxygen atoms in total. The average molecular weight is 256 g/mol. The fourth-order valence-electron chi connectivity index (χ4n) is 1.35. The molecule has 0 aliphatic carbocycles. The van der Waals surface area contributed by atoms with Gasteiger partial charge in [0.1, 0.15) is 0 Å². The molecule has 1 aromatic rings. The van der Waals surface area contributed by atoms with E-state index in [-0.39, 0.29) is 12.5 Å². The van der Waals surface area contributed by atoms with Gasteiger partial charge in [-0.2, -0.15) is 11.3 Å². The van der Waals surface area contributed by atoms with Crippen LogP contribution in [0.4, 0.5) is 4.79 Å². The average Bonchev–Trinajstić information content (AvgIpc) is 2.63. The van der Waals surface area contributed by atoms with Gasteiger partial charge >= 0.3 is 12.0 Å². The molecule has 0 fully saturated rings. The lowest BCUT2D eigenvalue weighted by Crippen LogP contribution is -2.49. The van der Waals surface area contributed by atoms with Crippen LogP contribution < -0.4 is 10.6 Å². The van der Waals surface area contributed by atoms with Gasteiger partial charge in [0, 0.05) is 12.1 Å². The van der Waals surface area contributed by atoms with E-state index < -0.39 is 11.5 Å². The van der Waals surface area contributed by atoms with E-state index in [9.17, 15) is 9.59 Å². The van der Waals surface area contributed by atoms with Gasteiger partial charge in [-0.3, -0.25) is 4.79 Å². The summed E-state index contributed by atoms with van der Waals surface area (Å²) in [5, 5.41) is 17.9. The predicted molar refractivity (Wildman–Crippen MR) is 66.0 cm³/mol. The molecule has 17 heavy (non-hydrogen) atoms. The number of amides is 2. The first-order valence-corrected chi connectivity index (χ1v) is 6.12. The summed E-state index contributed by atoms with van der Waals surface area (Å²) >= 11 is 1.56. The molecule has 1 aromatic heterocycles. The quantitative estimate of drug-likeness (QED) is 0.751. The molecule has 1 heterocycles. The summed E-state index contributed by atoms with van der Waals surface area (Å²) in [6.45, 7) is 3.79. The summed E-state index contributed by atoms with van der Waals surface area (Å²) in [4.78, 5) is 22.1. The number of carboxylic acids is 1. The summed E-state index contributed by atoms with van der Waals surface area (Å²) in [5.74, 6) is -0.937. The minimum atomic E-state index is -0.937. The fraction of sp³-hybridized carbons (Fsp3) is 0.455. The molecule has 0 aromatic carbocycles. The molecule has 0 aliphatic rings. The maximum atomic E-state index is 11.5. The van der Waals surface area contributed by atoms with Crippen LogP contribution in [0.5, 0.6) is 0 Å². The van der Waals surface area contributed by atoms with Crippen LogP contribution >= 0.6 is 11.3 Å². The van der Waals surface area contributed by atoms with Crippen LogP contribution in [0.2, 0.25) is 0 Å². The van der Waals surface area contributed by atoms with Crippen molar-refractivity contribution in [2.24, 2.45) is 0 Å². The highest BCUT2D eigenvalue weighted by Gasteiger charge is 2.23. The Labute approximate surface area is 104 Å². The first-order chi connectivity index (χ1) is 7.89. The molecule has 0 radical (unpaired) electrons. The second-order valence-electron chi connectivity index (χ2n) is 4.39. The number of hydrogen-bond donors (Lipinski definition) is 3. The Morgan fingerprint density at radius 1 is 1.47 bits per heavy atom. The Hall–Kier alpha value is -1.56. The first-order valence-electron chi connectivity index (χ1n) is 5.18. The Morgan fingerprint density at radius 3 is 2.71 bits per heavy atom. The normalized spacial score (nSPS) is 10.9. The lowest BCUT2D eigenvalue weighted by Gasteiger charge is -2.24. The van der Waals surface area contributed by atoms with Crippen molar-refractivity contribution in [1.29, 1.82) is 0 Å². The van der Waals surface area contributed by atoms with Crippen molar-refractivity contribution in [3.63, 3.8) is 0 Å². The second-order valence-corrected chi connectivity index (χ2v) is 5.17. The molecule has 2 amide bonds. The number of aliphatic carboxylic acids is 1. The van der Waals surface area contributed by atoms with Gasteiger partial charge in [0.25, 0.3) is 0 Å². The van der Waals surface area contributed by atoms with Crippen LogP contribution in [0.25, 0.3) is 0 Å². The van der Waals surface area contributed by atoms with E-state index in [2.05, 4.69) is 10.6 Å². The summed E-state index contributed by atoms with van der Waals surface area (Å²) in [6, 6.07) is 1.57. The Bertz CT molecular complexity index is 387. The van der Waals surface area contributed by atoms with Crippen LogP contribution in [0, 0.1) is 0 Å². The van der Waals surface area contributed by atoms with Gasteiger partial charge in [0.05, 0.1) is 6.42 Å². The Morgan fingerprint density at radius 2 is 2.18 bits per heavy atom. The van der Waals surface area contributed by atoms with Gasteiger partial charge in [-0.1, -0.05) is 0 Å². The third-order valence-corrected chi connectivity index (χ3v) is 2.81. The van der Waals surface area contributed by atoms with E-state index in [0.29, 0.717) is 6.54 Å². The number of carboxylic acid groups (broad SMARTS) is 1. The van der Waals surface area contributed by atoms with E-state index in [1.807, 2.05) is 16.8 Å². The summed E-state index contributed by atoms with van der Waals surface area (Å²) in [7, 11) is 0. The summed E-state index contributed by atoms with van der Waals surface area (Å²) in [5.41, 5.74) is 0.270. The van der Waals surface area contributed by atoms with E-state index in [0.717, 1.165) is 5.56 Å². The fourth-order valence-corrected chi connectivity index (χ4v) is 2.02. The van der Waals surface area contributed by atoms with Crippen LogP contribution in [0.15, 0.2) is 16.8 Å². The van der Waals surface area contributed by atoms with Crippen molar-refractivity contribution >= 4 is 23.3 Å². The highest BCUT2D eigenvalue weighted by molar-refractivity contribution is 7.07. The largest absolute Gasteiger partial charge is 0.481 e. The van der Waals surface area contributed by atoms with Crippen molar-refractivity contribution in [3.8, 4) is 0 Å². The van der Waals surface area contributed by atoms with E-state index >= 15 is 0 Å². The number of carbonyl (C=O) groups excluding carboxylic acids is 1. The van der Waals surface area contributed by atoms with E-state index in [1.54, 1.807) is 25.2 Å². The molecule has 1 rings (SSSR count). The standard InChI is InChI=1S/C11H16N2O3S/c1-11(2,5-9(14)15)13-10(16)12-6-8-3-4-17-7-8/h3-4,7H,5-6H2,1-2H3,(H,14,15)(H2,12,13,16). The zero-order valence-corrected chi connectivity index (χ0v) is 10.6. The van der Waals surface area contributed by atoms with Gasteiger partial charge in [0.2, 0.25) is 0 Å².